The van der Waals surface area contributed by atoms with Crippen molar-refractivity contribution in [1.82, 2.24) is 15.3 Å². The third-order valence-electron chi connectivity index (χ3n) is 2.56. The minimum Gasteiger partial charge on any atom is -0.485 e. The number of hydrogen-bond donors (Lipinski definition) is 1. The highest BCUT2D eigenvalue weighted by atomic mass is 79.9. The van der Waals surface area contributed by atoms with Crippen molar-refractivity contribution in [3.63, 3.8) is 0 Å². The van der Waals surface area contributed by atoms with E-state index in [-0.39, 0.29) is 0 Å². The van der Waals surface area contributed by atoms with Crippen LogP contribution in [-0.2, 0) is 13.2 Å². The molecule has 0 saturated heterocycles. The molecule has 0 atom stereocenters. The van der Waals surface area contributed by atoms with Crippen LogP contribution in [-0.4, -0.2) is 16.5 Å². The number of rotatable bonds is 6. The second kappa shape index (κ2) is 7.21. The Hall–Kier alpha value is -1.46. The highest BCUT2D eigenvalue weighted by Gasteiger charge is 2.05. The average Bonchev–Trinajstić information content (AvgIpc) is 2.45. The minimum absolute atomic E-state index is 0.377. The van der Waals surface area contributed by atoms with Crippen LogP contribution < -0.4 is 10.1 Å². The number of nitrogens with zero attached hydrogens (tertiary/aromatic N) is 2. The molecule has 0 bridgehead atoms. The third-order valence-corrected chi connectivity index (χ3v) is 3.06. The first-order valence-corrected chi connectivity index (χ1v) is 6.96. The Morgan fingerprint density at radius 1 is 1.26 bits per heavy atom. The van der Waals surface area contributed by atoms with Gasteiger partial charge in [-0.3, -0.25) is 0 Å². The lowest BCUT2D eigenvalue weighted by atomic mass is 10.2. The highest BCUT2D eigenvalue weighted by molar-refractivity contribution is 9.10. The Bertz CT molecular complexity index is 519. The summed E-state index contributed by atoms with van der Waals surface area (Å²) in [7, 11) is 0. The molecule has 2 rings (SSSR count). The molecular formula is C14H16BrN3O. The molecule has 0 unspecified atom stereocenters. The van der Waals surface area contributed by atoms with Gasteiger partial charge in [0.1, 0.15) is 12.4 Å². The molecule has 1 aromatic heterocycles. The van der Waals surface area contributed by atoms with Gasteiger partial charge in [0, 0.05) is 29.0 Å². The maximum atomic E-state index is 5.79. The second-order valence-corrected chi connectivity index (χ2v) is 4.90. The second-order valence-electron chi connectivity index (χ2n) is 3.99. The molecule has 100 valence electrons. The van der Waals surface area contributed by atoms with E-state index in [2.05, 4.69) is 44.2 Å². The summed E-state index contributed by atoms with van der Waals surface area (Å²) in [6.45, 7) is 4.16. The van der Waals surface area contributed by atoms with Crippen molar-refractivity contribution in [2.75, 3.05) is 6.54 Å². The molecule has 1 N–H and O–H groups in total. The maximum absolute atomic E-state index is 5.79. The summed E-state index contributed by atoms with van der Waals surface area (Å²) in [5.74, 6) is 1.54. The molecular weight excluding hydrogens is 306 g/mol. The lowest BCUT2D eigenvalue weighted by molar-refractivity contribution is 0.292. The van der Waals surface area contributed by atoms with Crippen LogP contribution in [0.2, 0.25) is 0 Å². The molecule has 0 aliphatic carbocycles. The van der Waals surface area contributed by atoms with Crippen LogP contribution in [0, 0.1) is 0 Å². The van der Waals surface area contributed by atoms with E-state index in [9.17, 15) is 0 Å². The summed E-state index contributed by atoms with van der Waals surface area (Å²) in [5, 5.41) is 3.30. The van der Waals surface area contributed by atoms with Crippen LogP contribution >= 0.6 is 15.9 Å². The van der Waals surface area contributed by atoms with Crippen molar-refractivity contribution in [2.24, 2.45) is 0 Å². The SMILES string of the molecule is CCNCc1cc(Br)ccc1OCc1ncccn1. The van der Waals surface area contributed by atoms with E-state index in [1.807, 2.05) is 12.1 Å². The van der Waals surface area contributed by atoms with Crippen molar-refractivity contribution in [1.29, 1.82) is 0 Å². The molecule has 0 amide bonds. The zero-order chi connectivity index (χ0) is 13.5. The van der Waals surface area contributed by atoms with E-state index in [0.717, 1.165) is 28.9 Å². The van der Waals surface area contributed by atoms with Crippen molar-refractivity contribution in [3.05, 3.63) is 52.5 Å². The van der Waals surface area contributed by atoms with Crippen LogP contribution in [0.1, 0.15) is 18.3 Å². The molecule has 0 fully saturated rings. The molecule has 1 heterocycles. The summed E-state index contributed by atoms with van der Waals surface area (Å²) in [6.07, 6.45) is 3.43. The van der Waals surface area contributed by atoms with E-state index in [1.165, 1.54) is 0 Å². The lowest BCUT2D eigenvalue weighted by Gasteiger charge is -2.11. The first kappa shape index (κ1) is 14.0. The molecule has 0 saturated carbocycles. The van der Waals surface area contributed by atoms with Gasteiger partial charge in [-0.15, -0.1) is 0 Å². The summed E-state index contributed by atoms with van der Waals surface area (Å²) in [4.78, 5) is 8.28. The number of nitrogens with one attached hydrogen (secondary N) is 1. The molecule has 19 heavy (non-hydrogen) atoms. The van der Waals surface area contributed by atoms with Gasteiger partial charge in [0.25, 0.3) is 0 Å². The molecule has 0 aliphatic rings. The van der Waals surface area contributed by atoms with Gasteiger partial charge in [0.2, 0.25) is 0 Å². The van der Waals surface area contributed by atoms with E-state index in [1.54, 1.807) is 18.5 Å². The number of hydrogen-bond acceptors (Lipinski definition) is 4. The van der Waals surface area contributed by atoms with Crippen LogP contribution in [0.25, 0.3) is 0 Å². The summed E-state index contributed by atoms with van der Waals surface area (Å²) >= 11 is 3.48. The first-order valence-electron chi connectivity index (χ1n) is 6.17. The van der Waals surface area contributed by atoms with Gasteiger partial charge >= 0.3 is 0 Å². The summed E-state index contributed by atoms with van der Waals surface area (Å²) < 4.78 is 6.83. The predicted molar refractivity (Wildman–Crippen MR) is 77.9 cm³/mol. The van der Waals surface area contributed by atoms with E-state index >= 15 is 0 Å². The van der Waals surface area contributed by atoms with Crippen molar-refractivity contribution in [3.8, 4) is 5.75 Å². The van der Waals surface area contributed by atoms with Crippen molar-refractivity contribution >= 4 is 15.9 Å². The number of halogens is 1. The van der Waals surface area contributed by atoms with Crippen LogP contribution in [0.15, 0.2) is 41.1 Å². The van der Waals surface area contributed by atoms with Crippen LogP contribution in [0.5, 0.6) is 5.75 Å². The zero-order valence-corrected chi connectivity index (χ0v) is 12.4. The first-order chi connectivity index (χ1) is 9.29. The van der Waals surface area contributed by atoms with Crippen LogP contribution in [0.3, 0.4) is 0 Å². The summed E-state index contributed by atoms with van der Waals surface area (Å²) in [6, 6.07) is 7.78. The van der Waals surface area contributed by atoms with E-state index in [0.29, 0.717) is 12.4 Å². The Balaban J connectivity index is 2.06. The minimum atomic E-state index is 0.377. The van der Waals surface area contributed by atoms with Crippen molar-refractivity contribution < 1.29 is 4.74 Å². The predicted octanol–water partition coefficient (Wildman–Crippen LogP) is 2.93. The Labute approximate surface area is 121 Å². The molecule has 0 aliphatic heterocycles. The lowest BCUT2D eigenvalue weighted by Crippen LogP contribution is -2.13. The molecule has 2 aromatic rings. The van der Waals surface area contributed by atoms with Crippen molar-refractivity contribution in [2.45, 2.75) is 20.1 Å². The monoisotopic (exact) mass is 321 g/mol. The standard InChI is InChI=1S/C14H16BrN3O/c1-2-16-9-11-8-12(15)4-5-13(11)19-10-14-17-6-3-7-18-14/h3-8,16H,2,9-10H2,1H3. The number of ether oxygens (including phenoxy) is 1. The fourth-order valence-corrected chi connectivity index (χ4v) is 2.04. The number of benzene rings is 1. The Morgan fingerprint density at radius 2 is 2.05 bits per heavy atom. The van der Waals surface area contributed by atoms with Gasteiger partial charge in [-0.05, 0) is 30.8 Å². The van der Waals surface area contributed by atoms with E-state index in [4.69, 9.17) is 4.74 Å². The van der Waals surface area contributed by atoms with Gasteiger partial charge in [0.05, 0.1) is 0 Å². The molecule has 0 spiro atoms. The number of aromatic nitrogens is 2. The quantitative estimate of drug-likeness (QED) is 0.888. The largest absolute Gasteiger partial charge is 0.485 e. The normalized spacial score (nSPS) is 10.4. The fourth-order valence-electron chi connectivity index (χ4n) is 1.63. The van der Waals surface area contributed by atoms with Crippen LogP contribution in [0.4, 0.5) is 0 Å². The van der Waals surface area contributed by atoms with Gasteiger partial charge in [-0.2, -0.15) is 0 Å². The Kier molecular flexibility index (Phi) is 5.30. The topological polar surface area (TPSA) is 47.0 Å². The molecule has 4 nitrogen and oxygen atoms in total. The average molecular weight is 322 g/mol. The summed E-state index contributed by atoms with van der Waals surface area (Å²) in [5.41, 5.74) is 1.12. The maximum Gasteiger partial charge on any atom is 0.166 e. The van der Waals surface area contributed by atoms with Gasteiger partial charge in [-0.25, -0.2) is 9.97 Å². The third kappa shape index (κ3) is 4.29. The zero-order valence-electron chi connectivity index (χ0n) is 10.8. The van der Waals surface area contributed by atoms with Gasteiger partial charge in [-0.1, -0.05) is 22.9 Å². The molecule has 5 heteroatoms. The molecule has 1 aromatic carbocycles. The fraction of sp³-hybridized carbons (Fsp3) is 0.286. The smallest absolute Gasteiger partial charge is 0.166 e. The van der Waals surface area contributed by atoms with E-state index < -0.39 is 0 Å². The molecule has 0 radical (unpaired) electrons. The highest BCUT2D eigenvalue weighted by Crippen LogP contribution is 2.23. The van der Waals surface area contributed by atoms with Gasteiger partial charge in [0.15, 0.2) is 5.82 Å². The van der Waals surface area contributed by atoms with Gasteiger partial charge < -0.3 is 10.1 Å². The Morgan fingerprint density at radius 3 is 2.79 bits per heavy atom.